The van der Waals surface area contributed by atoms with Crippen molar-refractivity contribution in [3.63, 3.8) is 0 Å². The SMILES string of the molecule is O=C1NC(c2ccccc2)=CC1(c1ccccc1)c1ccccc1. The average Bonchev–Trinajstić information content (AvgIpc) is 3.02. The van der Waals surface area contributed by atoms with Crippen LogP contribution in [-0.2, 0) is 10.2 Å². The van der Waals surface area contributed by atoms with Gasteiger partial charge in [-0.2, -0.15) is 0 Å². The molecule has 0 spiro atoms. The second kappa shape index (κ2) is 5.82. The number of nitrogens with one attached hydrogen (secondary N) is 1. The molecule has 0 aliphatic carbocycles. The Bertz CT molecular complexity index is 844. The monoisotopic (exact) mass is 311 g/mol. The molecule has 0 unspecified atom stereocenters. The molecule has 3 aromatic rings. The van der Waals surface area contributed by atoms with E-state index in [1.165, 1.54) is 0 Å². The first-order chi connectivity index (χ1) is 11.8. The summed E-state index contributed by atoms with van der Waals surface area (Å²) in [5, 5.41) is 3.08. The summed E-state index contributed by atoms with van der Waals surface area (Å²) in [5.41, 5.74) is 3.01. The second-order valence-electron chi connectivity index (χ2n) is 5.92. The van der Waals surface area contributed by atoms with Crippen molar-refractivity contribution in [1.82, 2.24) is 5.32 Å². The Morgan fingerprint density at radius 3 is 1.58 bits per heavy atom. The van der Waals surface area contributed by atoms with Gasteiger partial charge in [0.2, 0.25) is 5.91 Å². The number of amides is 1. The van der Waals surface area contributed by atoms with Gasteiger partial charge in [-0.25, -0.2) is 0 Å². The minimum Gasteiger partial charge on any atom is -0.324 e. The highest BCUT2D eigenvalue weighted by Gasteiger charge is 2.44. The van der Waals surface area contributed by atoms with E-state index in [2.05, 4.69) is 11.4 Å². The van der Waals surface area contributed by atoms with Crippen molar-refractivity contribution < 1.29 is 4.79 Å². The van der Waals surface area contributed by atoms with Crippen molar-refractivity contribution in [3.8, 4) is 0 Å². The molecule has 24 heavy (non-hydrogen) atoms. The minimum absolute atomic E-state index is 0.0150. The van der Waals surface area contributed by atoms with Crippen LogP contribution in [0.4, 0.5) is 0 Å². The standard InChI is InChI=1S/C22H17NO/c24-21-22(18-12-6-2-7-13-18,19-14-8-3-9-15-19)16-20(23-21)17-10-4-1-5-11-17/h1-16H,(H,23,24). The smallest absolute Gasteiger partial charge is 0.243 e. The van der Waals surface area contributed by atoms with E-state index in [9.17, 15) is 4.79 Å². The van der Waals surface area contributed by atoms with E-state index in [-0.39, 0.29) is 5.91 Å². The minimum atomic E-state index is -0.798. The zero-order valence-electron chi connectivity index (χ0n) is 13.1. The number of carbonyl (C=O) groups is 1. The van der Waals surface area contributed by atoms with Crippen LogP contribution in [0.15, 0.2) is 97.1 Å². The van der Waals surface area contributed by atoms with Gasteiger partial charge in [0.1, 0.15) is 5.41 Å². The van der Waals surface area contributed by atoms with Crippen molar-refractivity contribution >= 4 is 11.6 Å². The lowest BCUT2D eigenvalue weighted by Gasteiger charge is -2.26. The summed E-state index contributed by atoms with van der Waals surface area (Å²) in [6.45, 7) is 0. The van der Waals surface area contributed by atoms with Crippen LogP contribution < -0.4 is 5.32 Å². The molecular weight excluding hydrogens is 294 g/mol. The number of hydrogen-bond donors (Lipinski definition) is 1. The summed E-state index contributed by atoms with van der Waals surface area (Å²) in [7, 11) is 0. The van der Waals surface area contributed by atoms with Crippen LogP contribution in [0.3, 0.4) is 0 Å². The lowest BCUT2D eigenvalue weighted by atomic mass is 9.74. The Hall–Kier alpha value is -3.13. The predicted molar refractivity (Wildman–Crippen MR) is 96.2 cm³/mol. The molecule has 1 aliphatic rings. The molecule has 0 radical (unpaired) electrons. The fraction of sp³-hybridized carbons (Fsp3) is 0.0455. The van der Waals surface area contributed by atoms with Crippen LogP contribution in [0, 0.1) is 0 Å². The molecule has 2 nitrogen and oxygen atoms in total. The molecule has 1 aliphatic heterocycles. The molecule has 0 saturated carbocycles. The topological polar surface area (TPSA) is 29.1 Å². The normalized spacial score (nSPS) is 15.7. The Labute approximate surface area is 141 Å². The van der Waals surface area contributed by atoms with Crippen molar-refractivity contribution in [2.45, 2.75) is 5.41 Å². The maximum atomic E-state index is 13.1. The third-order valence-electron chi connectivity index (χ3n) is 4.51. The molecule has 1 amide bonds. The quantitative estimate of drug-likeness (QED) is 0.774. The van der Waals surface area contributed by atoms with Crippen LogP contribution >= 0.6 is 0 Å². The highest BCUT2D eigenvalue weighted by Crippen LogP contribution is 2.40. The zero-order valence-corrected chi connectivity index (χ0v) is 13.1. The summed E-state index contributed by atoms with van der Waals surface area (Å²) in [5.74, 6) is -0.0150. The first kappa shape index (κ1) is 14.5. The second-order valence-corrected chi connectivity index (χ2v) is 5.92. The molecule has 1 heterocycles. The Kier molecular flexibility index (Phi) is 3.51. The third kappa shape index (κ3) is 2.24. The Balaban J connectivity index is 1.94. The number of carbonyl (C=O) groups excluding carboxylic acids is 1. The van der Waals surface area contributed by atoms with Crippen LogP contribution in [0.2, 0.25) is 0 Å². The van der Waals surface area contributed by atoms with Gasteiger partial charge in [0.15, 0.2) is 0 Å². The van der Waals surface area contributed by atoms with Crippen molar-refractivity contribution in [2.24, 2.45) is 0 Å². The van der Waals surface area contributed by atoms with Crippen LogP contribution in [0.5, 0.6) is 0 Å². The highest BCUT2D eigenvalue weighted by atomic mass is 16.2. The van der Waals surface area contributed by atoms with Crippen LogP contribution in [0.1, 0.15) is 16.7 Å². The molecule has 0 aromatic heterocycles. The van der Waals surface area contributed by atoms with E-state index < -0.39 is 5.41 Å². The van der Waals surface area contributed by atoms with Gasteiger partial charge in [0, 0.05) is 5.70 Å². The van der Waals surface area contributed by atoms with Gasteiger partial charge in [-0.3, -0.25) is 4.79 Å². The number of benzene rings is 3. The van der Waals surface area contributed by atoms with Gasteiger partial charge >= 0.3 is 0 Å². The molecule has 0 atom stereocenters. The lowest BCUT2D eigenvalue weighted by Crippen LogP contribution is -2.37. The largest absolute Gasteiger partial charge is 0.324 e. The van der Waals surface area contributed by atoms with E-state index >= 15 is 0 Å². The van der Waals surface area contributed by atoms with E-state index in [0.717, 1.165) is 22.4 Å². The molecule has 4 rings (SSSR count). The third-order valence-corrected chi connectivity index (χ3v) is 4.51. The summed E-state index contributed by atoms with van der Waals surface area (Å²) in [6, 6.07) is 29.8. The van der Waals surface area contributed by atoms with Gasteiger partial charge in [0.25, 0.3) is 0 Å². The van der Waals surface area contributed by atoms with Gasteiger partial charge in [-0.15, -0.1) is 0 Å². The molecule has 3 aromatic carbocycles. The van der Waals surface area contributed by atoms with Gasteiger partial charge in [0.05, 0.1) is 0 Å². The van der Waals surface area contributed by atoms with Crippen LogP contribution in [-0.4, -0.2) is 5.91 Å². The predicted octanol–water partition coefficient (Wildman–Crippen LogP) is 4.14. The summed E-state index contributed by atoms with van der Waals surface area (Å²) in [6.07, 6.45) is 2.05. The van der Waals surface area contributed by atoms with E-state index in [0.29, 0.717) is 0 Å². The van der Waals surface area contributed by atoms with Crippen molar-refractivity contribution in [3.05, 3.63) is 114 Å². The molecule has 116 valence electrons. The fourth-order valence-electron chi connectivity index (χ4n) is 3.31. The molecule has 0 saturated heterocycles. The first-order valence-electron chi connectivity index (χ1n) is 8.01. The summed E-state index contributed by atoms with van der Waals surface area (Å²) in [4.78, 5) is 13.1. The molecule has 1 N–H and O–H groups in total. The fourth-order valence-corrected chi connectivity index (χ4v) is 3.31. The summed E-state index contributed by atoms with van der Waals surface area (Å²) >= 11 is 0. The van der Waals surface area contributed by atoms with Gasteiger partial charge < -0.3 is 5.32 Å². The van der Waals surface area contributed by atoms with Crippen LogP contribution in [0.25, 0.3) is 5.70 Å². The van der Waals surface area contributed by atoms with E-state index in [4.69, 9.17) is 0 Å². The van der Waals surface area contributed by atoms with Gasteiger partial charge in [-0.1, -0.05) is 91.0 Å². The number of hydrogen-bond acceptors (Lipinski definition) is 1. The molecule has 0 fully saturated rings. The molecule has 2 heteroatoms. The van der Waals surface area contributed by atoms with E-state index in [1.54, 1.807) is 0 Å². The van der Waals surface area contributed by atoms with E-state index in [1.807, 2.05) is 91.0 Å². The summed E-state index contributed by atoms with van der Waals surface area (Å²) < 4.78 is 0. The maximum absolute atomic E-state index is 13.1. The molecule has 0 bridgehead atoms. The Morgan fingerprint density at radius 1 is 0.625 bits per heavy atom. The van der Waals surface area contributed by atoms with Gasteiger partial charge in [-0.05, 0) is 22.8 Å². The zero-order chi connectivity index (χ0) is 16.4. The number of rotatable bonds is 3. The lowest BCUT2D eigenvalue weighted by molar-refractivity contribution is -0.121. The first-order valence-corrected chi connectivity index (χ1v) is 8.01. The average molecular weight is 311 g/mol. The van der Waals surface area contributed by atoms with Crippen molar-refractivity contribution in [2.75, 3.05) is 0 Å². The Morgan fingerprint density at radius 2 is 1.08 bits per heavy atom. The molecular formula is C22H17NO. The van der Waals surface area contributed by atoms with Crippen molar-refractivity contribution in [1.29, 1.82) is 0 Å². The maximum Gasteiger partial charge on any atom is 0.243 e. The highest BCUT2D eigenvalue weighted by molar-refractivity contribution is 6.05.